The van der Waals surface area contributed by atoms with Crippen molar-refractivity contribution in [3.63, 3.8) is 0 Å². The fourth-order valence-electron chi connectivity index (χ4n) is 2.34. The van der Waals surface area contributed by atoms with Gasteiger partial charge in [0.15, 0.2) is 0 Å². The number of phenols is 2. The van der Waals surface area contributed by atoms with Gasteiger partial charge in [-0.05, 0) is 12.8 Å². The van der Waals surface area contributed by atoms with Crippen molar-refractivity contribution in [2.45, 2.75) is 12.8 Å². The van der Waals surface area contributed by atoms with Gasteiger partial charge in [0.1, 0.15) is 11.5 Å². The van der Waals surface area contributed by atoms with Crippen LogP contribution in [-0.2, 0) is 6.42 Å². The van der Waals surface area contributed by atoms with E-state index >= 15 is 0 Å². The van der Waals surface area contributed by atoms with E-state index in [1.807, 2.05) is 36.4 Å². The topological polar surface area (TPSA) is 40.5 Å². The van der Waals surface area contributed by atoms with E-state index in [1.54, 1.807) is 0 Å². The lowest BCUT2D eigenvalue weighted by molar-refractivity contribution is 0.462. The fraction of sp³-hybridized carbons (Fsp3) is 0.143. The summed E-state index contributed by atoms with van der Waals surface area (Å²) in [6, 6.07) is 7.39. The minimum atomic E-state index is 0.277. The summed E-state index contributed by atoms with van der Waals surface area (Å²) in [7, 11) is 0. The van der Waals surface area contributed by atoms with E-state index in [2.05, 4.69) is 0 Å². The number of rotatable bonds is 0. The van der Waals surface area contributed by atoms with Gasteiger partial charge in [0.05, 0.1) is 0 Å². The molecular formula is C14H12O2. The highest BCUT2D eigenvalue weighted by Crippen LogP contribution is 2.42. The van der Waals surface area contributed by atoms with Crippen LogP contribution in [0.15, 0.2) is 30.3 Å². The van der Waals surface area contributed by atoms with E-state index < -0.39 is 0 Å². The van der Waals surface area contributed by atoms with E-state index in [4.69, 9.17) is 0 Å². The van der Waals surface area contributed by atoms with Gasteiger partial charge in [-0.1, -0.05) is 36.4 Å². The van der Waals surface area contributed by atoms with Crippen LogP contribution in [0.1, 0.15) is 17.5 Å². The molecule has 2 nitrogen and oxygen atoms in total. The molecule has 0 saturated heterocycles. The number of fused-ring (bicyclic) bond motifs is 2. The van der Waals surface area contributed by atoms with Gasteiger partial charge in [-0.25, -0.2) is 0 Å². The van der Waals surface area contributed by atoms with Crippen molar-refractivity contribution < 1.29 is 10.2 Å². The van der Waals surface area contributed by atoms with Crippen molar-refractivity contribution in [3.8, 4) is 11.5 Å². The maximum Gasteiger partial charge on any atom is 0.131 e. The summed E-state index contributed by atoms with van der Waals surface area (Å²) in [5, 5.41) is 21.8. The Kier molecular flexibility index (Phi) is 1.90. The molecule has 0 aromatic heterocycles. The van der Waals surface area contributed by atoms with Gasteiger partial charge >= 0.3 is 0 Å². The smallest absolute Gasteiger partial charge is 0.131 e. The number of aromatic hydroxyl groups is 2. The summed E-state index contributed by atoms with van der Waals surface area (Å²) in [4.78, 5) is 0. The Hall–Kier alpha value is -1.96. The second kappa shape index (κ2) is 3.27. The van der Waals surface area contributed by atoms with E-state index in [9.17, 15) is 10.2 Å². The molecule has 0 saturated carbocycles. The van der Waals surface area contributed by atoms with Gasteiger partial charge in [-0.15, -0.1) is 0 Å². The van der Waals surface area contributed by atoms with Crippen LogP contribution >= 0.6 is 0 Å². The highest BCUT2D eigenvalue weighted by molar-refractivity contribution is 5.97. The molecule has 0 radical (unpaired) electrons. The third-order valence-electron chi connectivity index (χ3n) is 3.15. The number of hydrogen-bond donors (Lipinski definition) is 2. The molecular weight excluding hydrogens is 200 g/mol. The quantitative estimate of drug-likeness (QED) is 0.658. The average Bonchev–Trinajstić information content (AvgIpc) is 2.36. The van der Waals surface area contributed by atoms with Crippen molar-refractivity contribution in [2.75, 3.05) is 0 Å². The molecule has 0 aliphatic heterocycles. The maximum absolute atomic E-state index is 10.2. The monoisotopic (exact) mass is 212 g/mol. The zero-order valence-corrected chi connectivity index (χ0v) is 8.77. The lowest BCUT2D eigenvalue weighted by atomic mass is 9.91. The van der Waals surface area contributed by atoms with Crippen molar-refractivity contribution >= 4 is 16.8 Å². The lowest BCUT2D eigenvalue weighted by Crippen LogP contribution is -1.96. The number of allylic oxidation sites excluding steroid dienone is 1. The highest BCUT2D eigenvalue weighted by Gasteiger charge is 2.17. The molecule has 0 fully saturated rings. The molecule has 1 aliphatic rings. The summed E-state index contributed by atoms with van der Waals surface area (Å²) in [5.74, 6) is 0.590. The van der Waals surface area contributed by atoms with Gasteiger partial charge in [0, 0.05) is 21.9 Å². The van der Waals surface area contributed by atoms with Gasteiger partial charge < -0.3 is 10.2 Å². The van der Waals surface area contributed by atoms with Crippen molar-refractivity contribution in [1.29, 1.82) is 0 Å². The van der Waals surface area contributed by atoms with Gasteiger partial charge in [0.25, 0.3) is 0 Å². The molecule has 2 aromatic carbocycles. The Morgan fingerprint density at radius 2 is 1.62 bits per heavy atom. The van der Waals surface area contributed by atoms with Crippen LogP contribution in [-0.4, -0.2) is 10.2 Å². The predicted molar refractivity (Wildman–Crippen MR) is 64.6 cm³/mol. The molecule has 0 amide bonds. The molecule has 0 spiro atoms. The van der Waals surface area contributed by atoms with E-state index in [1.165, 1.54) is 0 Å². The van der Waals surface area contributed by atoms with Crippen LogP contribution in [0.4, 0.5) is 0 Å². The normalized spacial score (nSPS) is 14.0. The van der Waals surface area contributed by atoms with Crippen molar-refractivity contribution in [3.05, 3.63) is 41.5 Å². The van der Waals surface area contributed by atoms with Gasteiger partial charge in [-0.2, -0.15) is 0 Å². The van der Waals surface area contributed by atoms with Crippen LogP contribution in [0.3, 0.4) is 0 Å². The summed E-state index contributed by atoms with van der Waals surface area (Å²) in [6.07, 6.45) is 5.62. The summed E-state index contributed by atoms with van der Waals surface area (Å²) in [5.41, 5.74) is 1.63. The lowest BCUT2D eigenvalue weighted by Gasteiger charge is -2.16. The number of hydrogen-bond acceptors (Lipinski definition) is 2. The first-order valence-electron chi connectivity index (χ1n) is 5.41. The van der Waals surface area contributed by atoms with Gasteiger partial charge in [0.2, 0.25) is 0 Å². The molecule has 2 heteroatoms. The average molecular weight is 212 g/mol. The largest absolute Gasteiger partial charge is 0.507 e. The zero-order chi connectivity index (χ0) is 11.1. The Labute approximate surface area is 93.5 Å². The second-order valence-corrected chi connectivity index (χ2v) is 4.08. The van der Waals surface area contributed by atoms with Crippen LogP contribution in [0, 0.1) is 0 Å². The minimum Gasteiger partial charge on any atom is -0.507 e. The van der Waals surface area contributed by atoms with Crippen LogP contribution < -0.4 is 0 Å². The molecule has 16 heavy (non-hydrogen) atoms. The number of phenolic OH excluding ortho intramolecular Hbond substituents is 2. The van der Waals surface area contributed by atoms with Crippen LogP contribution in [0.25, 0.3) is 16.8 Å². The van der Waals surface area contributed by atoms with Crippen molar-refractivity contribution in [2.24, 2.45) is 0 Å². The molecule has 3 rings (SSSR count). The Bertz CT molecular complexity index is 597. The molecule has 0 unspecified atom stereocenters. The summed E-state index contributed by atoms with van der Waals surface area (Å²) >= 11 is 0. The zero-order valence-electron chi connectivity index (χ0n) is 8.77. The first-order chi connectivity index (χ1) is 7.79. The third-order valence-corrected chi connectivity index (χ3v) is 3.15. The first kappa shape index (κ1) is 9.28. The molecule has 2 aromatic rings. The summed E-state index contributed by atoms with van der Waals surface area (Å²) in [6.45, 7) is 0. The Balaban J connectivity index is 2.50. The SMILES string of the molecule is Oc1c2c(c(O)c3ccccc13)CCC=C2. The van der Waals surface area contributed by atoms with E-state index in [0.29, 0.717) is 11.1 Å². The predicted octanol–water partition coefficient (Wildman–Crippen LogP) is 3.21. The molecule has 0 atom stereocenters. The van der Waals surface area contributed by atoms with Crippen molar-refractivity contribution in [1.82, 2.24) is 0 Å². The van der Waals surface area contributed by atoms with Crippen LogP contribution in [0.2, 0.25) is 0 Å². The second-order valence-electron chi connectivity index (χ2n) is 4.08. The fourth-order valence-corrected chi connectivity index (χ4v) is 2.34. The van der Waals surface area contributed by atoms with Gasteiger partial charge in [-0.3, -0.25) is 0 Å². The van der Waals surface area contributed by atoms with Crippen LogP contribution in [0.5, 0.6) is 11.5 Å². The molecule has 80 valence electrons. The molecule has 2 N–H and O–H groups in total. The first-order valence-corrected chi connectivity index (χ1v) is 5.41. The Morgan fingerprint density at radius 1 is 0.938 bits per heavy atom. The number of benzene rings is 2. The molecule has 0 bridgehead atoms. The standard InChI is InChI=1S/C14H12O2/c15-13-9-5-1-2-6-10(9)14(16)12-8-4-3-7-11(12)13/h1-3,5-7,15-16H,4,8H2. The summed E-state index contributed by atoms with van der Waals surface area (Å²) < 4.78 is 0. The highest BCUT2D eigenvalue weighted by atomic mass is 16.3. The Morgan fingerprint density at radius 3 is 2.38 bits per heavy atom. The minimum absolute atomic E-state index is 0.277. The third kappa shape index (κ3) is 1.13. The van der Waals surface area contributed by atoms with E-state index in [0.717, 1.165) is 29.4 Å². The maximum atomic E-state index is 10.2. The van der Waals surface area contributed by atoms with E-state index in [-0.39, 0.29) is 5.75 Å². The molecule has 1 aliphatic carbocycles. The molecule has 0 heterocycles.